The fraction of sp³-hybridized carbons (Fsp3) is 0.286. The van der Waals surface area contributed by atoms with Crippen LogP contribution in [0.25, 0.3) is 0 Å². The van der Waals surface area contributed by atoms with E-state index in [9.17, 15) is 0 Å². The van der Waals surface area contributed by atoms with Crippen molar-refractivity contribution in [3.05, 3.63) is 55.1 Å². The highest BCUT2D eigenvalue weighted by molar-refractivity contribution is 9.10. The molecule has 0 aliphatic carbocycles. The normalized spacial score (nSPS) is 12.6. The molecule has 1 N–H and O–H groups in total. The van der Waals surface area contributed by atoms with Gasteiger partial charge in [-0.05, 0) is 52.0 Å². The van der Waals surface area contributed by atoms with Crippen LogP contribution in [-0.2, 0) is 6.42 Å². The predicted molar refractivity (Wildman–Crippen MR) is 86.3 cm³/mol. The summed E-state index contributed by atoms with van der Waals surface area (Å²) in [5.41, 5.74) is 1.34. The Balaban J connectivity index is 2.22. The van der Waals surface area contributed by atoms with Crippen LogP contribution < -0.4 is 5.32 Å². The topological polar surface area (TPSA) is 12.0 Å². The van der Waals surface area contributed by atoms with Gasteiger partial charge in [-0.3, -0.25) is 0 Å². The molecule has 1 unspecified atom stereocenters. The van der Waals surface area contributed by atoms with Crippen LogP contribution in [0.3, 0.4) is 0 Å². The summed E-state index contributed by atoms with van der Waals surface area (Å²) in [5, 5.41) is 5.69. The van der Waals surface area contributed by atoms with Crippen molar-refractivity contribution in [3.63, 3.8) is 0 Å². The molecular formula is C14H15Br2NS. The van der Waals surface area contributed by atoms with E-state index < -0.39 is 0 Å². The van der Waals surface area contributed by atoms with E-state index in [1.165, 1.54) is 19.4 Å². The van der Waals surface area contributed by atoms with Crippen molar-refractivity contribution in [2.75, 3.05) is 6.54 Å². The molecule has 0 aliphatic heterocycles. The van der Waals surface area contributed by atoms with Crippen LogP contribution in [0.15, 0.2) is 44.7 Å². The van der Waals surface area contributed by atoms with Gasteiger partial charge in [-0.15, -0.1) is 11.3 Å². The fourth-order valence-electron chi connectivity index (χ4n) is 1.94. The molecule has 0 aliphatic rings. The molecule has 1 aromatic heterocycles. The lowest BCUT2D eigenvalue weighted by Crippen LogP contribution is -2.22. The second-order valence-electron chi connectivity index (χ2n) is 4.04. The van der Waals surface area contributed by atoms with Gasteiger partial charge in [0.2, 0.25) is 0 Å². The van der Waals surface area contributed by atoms with Crippen LogP contribution >= 0.6 is 43.2 Å². The van der Waals surface area contributed by atoms with Gasteiger partial charge in [0.05, 0.1) is 0 Å². The molecule has 96 valence electrons. The number of benzene rings is 1. The summed E-state index contributed by atoms with van der Waals surface area (Å²) < 4.78 is 2.38. The number of rotatable bonds is 5. The number of hydrogen-bond acceptors (Lipinski definition) is 2. The molecule has 0 saturated heterocycles. The first kappa shape index (κ1) is 14.3. The van der Waals surface area contributed by atoms with E-state index in [0.29, 0.717) is 6.04 Å². The van der Waals surface area contributed by atoms with Gasteiger partial charge in [-0.2, -0.15) is 0 Å². The van der Waals surface area contributed by atoms with E-state index >= 15 is 0 Å². The third-order valence-electron chi connectivity index (χ3n) is 2.79. The summed E-state index contributed by atoms with van der Waals surface area (Å²) in [7, 11) is 0. The Bertz CT molecular complexity index is 510. The van der Waals surface area contributed by atoms with Crippen molar-refractivity contribution in [2.45, 2.75) is 19.4 Å². The van der Waals surface area contributed by atoms with Crippen molar-refractivity contribution in [2.24, 2.45) is 0 Å². The lowest BCUT2D eigenvalue weighted by Gasteiger charge is -2.18. The standard InChI is InChI=1S/C14H15Br2NS/c1-2-17-13(14-12(16)7-8-18-14)9-10-5-3-4-6-11(10)15/h3-8,13,17H,2,9H2,1H3. The molecule has 4 heteroatoms. The molecular weight excluding hydrogens is 374 g/mol. The van der Waals surface area contributed by atoms with E-state index in [1.54, 1.807) is 11.3 Å². The summed E-state index contributed by atoms with van der Waals surface area (Å²) >= 11 is 9.05. The van der Waals surface area contributed by atoms with Crippen LogP contribution in [0.5, 0.6) is 0 Å². The highest BCUT2D eigenvalue weighted by Crippen LogP contribution is 2.32. The second-order valence-corrected chi connectivity index (χ2v) is 6.69. The molecule has 0 fully saturated rings. The van der Waals surface area contributed by atoms with Gasteiger partial charge >= 0.3 is 0 Å². The summed E-state index contributed by atoms with van der Waals surface area (Å²) in [5.74, 6) is 0. The van der Waals surface area contributed by atoms with Gasteiger partial charge in [0.1, 0.15) is 0 Å². The minimum absolute atomic E-state index is 0.364. The van der Waals surface area contributed by atoms with Gasteiger partial charge in [0.15, 0.2) is 0 Å². The van der Waals surface area contributed by atoms with Crippen molar-refractivity contribution in [1.29, 1.82) is 0 Å². The Morgan fingerprint density at radius 2 is 1.94 bits per heavy atom. The van der Waals surface area contributed by atoms with E-state index in [4.69, 9.17) is 0 Å². The average Bonchev–Trinajstić information content (AvgIpc) is 2.78. The van der Waals surface area contributed by atoms with Crippen LogP contribution in [0.1, 0.15) is 23.4 Å². The van der Waals surface area contributed by atoms with Gasteiger partial charge in [-0.25, -0.2) is 0 Å². The molecule has 0 amide bonds. The van der Waals surface area contributed by atoms with Crippen LogP contribution in [-0.4, -0.2) is 6.54 Å². The molecule has 1 aromatic carbocycles. The zero-order valence-corrected chi connectivity index (χ0v) is 14.1. The van der Waals surface area contributed by atoms with Crippen molar-refractivity contribution >= 4 is 43.2 Å². The van der Waals surface area contributed by atoms with Crippen LogP contribution in [0, 0.1) is 0 Å². The molecule has 1 atom stereocenters. The first-order valence-electron chi connectivity index (χ1n) is 5.92. The first-order valence-corrected chi connectivity index (χ1v) is 8.38. The molecule has 1 nitrogen and oxygen atoms in total. The zero-order chi connectivity index (χ0) is 13.0. The van der Waals surface area contributed by atoms with E-state index in [0.717, 1.165) is 13.0 Å². The minimum Gasteiger partial charge on any atom is -0.309 e. The largest absolute Gasteiger partial charge is 0.309 e. The Morgan fingerprint density at radius 3 is 2.56 bits per heavy atom. The smallest absolute Gasteiger partial charge is 0.0467 e. The fourth-order valence-corrected chi connectivity index (χ4v) is 4.11. The third kappa shape index (κ3) is 3.44. The summed E-state index contributed by atoms with van der Waals surface area (Å²) in [6, 6.07) is 10.9. The maximum absolute atomic E-state index is 3.63. The Morgan fingerprint density at radius 1 is 1.17 bits per heavy atom. The van der Waals surface area contributed by atoms with E-state index in [2.05, 4.69) is 79.8 Å². The molecule has 1 heterocycles. The summed E-state index contributed by atoms with van der Waals surface area (Å²) in [6.07, 6.45) is 0.994. The number of likely N-dealkylation sites (N-methyl/N-ethyl adjacent to an activating group) is 1. The predicted octanol–water partition coefficient (Wildman–Crippen LogP) is 5.17. The third-order valence-corrected chi connectivity index (χ3v) is 5.55. The van der Waals surface area contributed by atoms with E-state index in [-0.39, 0.29) is 0 Å². The number of thiophene rings is 1. The Labute approximate surface area is 129 Å². The number of hydrogen-bond donors (Lipinski definition) is 1. The monoisotopic (exact) mass is 387 g/mol. The quantitative estimate of drug-likeness (QED) is 0.745. The van der Waals surface area contributed by atoms with Crippen LogP contribution in [0.2, 0.25) is 0 Å². The first-order chi connectivity index (χ1) is 8.72. The molecule has 0 saturated carbocycles. The number of halogens is 2. The van der Waals surface area contributed by atoms with Crippen molar-refractivity contribution in [1.82, 2.24) is 5.32 Å². The van der Waals surface area contributed by atoms with Crippen LogP contribution in [0.4, 0.5) is 0 Å². The number of nitrogens with one attached hydrogen (secondary N) is 1. The Hall–Kier alpha value is -0.160. The van der Waals surface area contributed by atoms with Crippen molar-refractivity contribution < 1.29 is 0 Å². The maximum atomic E-state index is 3.63. The maximum Gasteiger partial charge on any atom is 0.0467 e. The molecule has 18 heavy (non-hydrogen) atoms. The lowest BCUT2D eigenvalue weighted by molar-refractivity contribution is 0.556. The zero-order valence-electron chi connectivity index (χ0n) is 10.1. The molecule has 2 rings (SSSR count). The summed E-state index contributed by atoms with van der Waals surface area (Å²) in [4.78, 5) is 1.37. The minimum atomic E-state index is 0.364. The average molecular weight is 389 g/mol. The molecule has 2 aromatic rings. The SMILES string of the molecule is CCNC(Cc1ccccc1Br)c1sccc1Br. The highest BCUT2D eigenvalue weighted by Gasteiger charge is 2.16. The second kappa shape index (κ2) is 6.85. The van der Waals surface area contributed by atoms with Gasteiger partial charge in [0, 0.05) is 19.9 Å². The van der Waals surface area contributed by atoms with Gasteiger partial charge < -0.3 is 5.32 Å². The van der Waals surface area contributed by atoms with Gasteiger partial charge in [0.25, 0.3) is 0 Å². The van der Waals surface area contributed by atoms with E-state index in [1.807, 2.05) is 0 Å². The lowest BCUT2D eigenvalue weighted by atomic mass is 10.0. The van der Waals surface area contributed by atoms with Crippen molar-refractivity contribution in [3.8, 4) is 0 Å². The molecule has 0 radical (unpaired) electrons. The Kier molecular flexibility index (Phi) is 5.42. The molecule has 0 bridgehead atoms. The summed E-state index contributed by atoms with van der Waals surface area (Å²) in [6.45, 7) is 3.12. The highest BCUT2D eigenvalue weighted by atomic mass is 79.9. The van der Waals surface area contributed by atoms with Gasteiger partial charge in [-0.1, -0.05) is 41.1 Å². The molecule has 0 spiro atoms.